The Bertz CT molecular complexity index is 787. The van der Waals surface area contributed by atoms with Gasteiger partial charge in [-0.05, 0) is 55.7 Å². The van der Waals surface area contributed by atoms with Crippen LogP contribution in [0.25, 0.3) is 0 Å². The Labute approximate surface area is 132 Å². The van der Waals surface area contributed by atoms with Crippen molar-refractivity contribution in [3.63, 3.8) is 0 Å². The van der Waals surface area contributed by atoms with Gasteiger partial charge in [0.25, 0.3) is 0 Å². The summed E-state index contributed by atoms with van der Waals surface area (Å²) < 4.78 is 44.7. The Balaban J connectivity index is 2.46. The molecule has 2 aromatic rings. The first-order valence-corrected chi connectivity index (χ1v) is 8.31. The highest BCUT2D eigenvalue weighted by Crippen LogP contribution is 2.37. The van der Waals surface area contributed by atoms with Crippen molar-refractivity contribution < 1.29 is 28.2 Å². The van der Waals surface area contributed by atoms with E-state index in [1.165, 1.54) is 36.4 Å². The summed E-state index contributed by atoms with van der Waals surface area (Å²) in [5.74, 6) is -2.12. The van der Waals surface area contributed by atoms with E-state index in [1.807, 2.05) is 0 Å². The number of benzene rings is 2. The van der Waals surface area contributed by atoms with Gasteiger partial charge in [-0.15, -0.1) is 5.25 Å². The van der Waals surface area contributed by atoms with Crippen molar-refractivity contribution in [2.75, 3.05) is 0 Å². The van der Waals surface area contributed by atoms with Crippen LogP contribution in [0.5, 0.6) is 11.5 Å². The van der Waals surface area contributed by atoms with Crippen LogP contribution in [-0.4, -0.2) is 10.1 Å². The average Bonchev–Trinajstić information content (AvgIpc) is 2.50. The molecule has 0 saturated heterocycles. The summed E-state index contributed by atoms with van der Waals surface area (Å²) in [5, 5.41) is 10.1. The highest BCUT2D eigenvalue weighted by Gasteiger charge is 2.23. The molecule has 5 nitrogen and oxygen atoms in total. The minimum atomic E-state index is -4.09. The number of nitrogens with one attached hydrogen (secondary N) is 1. The molecule has 23 heavy (non-hydrogen) atoms. The molecule has 8 heteroatoms. The Morgan fingerprint density at radius 3 is 2.13 bits per heavy atom. The third-order valence-electron chi connectivity index (χ3n) is 3.38. The number of ether oxygens (including phenoxy) is 1. The van der Waals surface area contributed by atoms with E-state index in [2.05, 4.69) is 0 Å². The summed E-state index contributed by atoms with van der Waals surface area (Å²) in [4.78, 5) is 9.58. The van der Waals surface area contributed by atoms with E-state index in [1.54, 1.807) is 13.8 Å². The normalized spacial score (nSPS) is 13.7. The Hall–Kier alpha value is -1.79. The van der Waals surface area contributed by atoms with Crippen LogP contribution >= 0.6 is 7.52 Å². The molecule has 1 unspecified atom stereocenters. The van der Waals surface area contributed by atoms with Crippen molar-refractivity contribution >= 4 is 12.8 Å². The second-order valence-corrected chi connectivity index (χ2v) is 7.06. The highest BCUT2D eigenvalue weighted by atomic mass is 31.2. The predicted octanol–water partition coefficient (Wildman–Crippen LogP) is 3.47. The topological polar surface area (TPSA) is 78.8 Å². The summed E-state index contributed by atoms with van der Waals surface area (Å²) in [5.41, 5.74) is 1.03. The van der Waals surface area contributed by atoms with Gasteiger partial charge >= 0.3 is 7.52 Å². The molecule has 0 aliphatic carbocycles. The number of aryl methyl sites for hydroxylation is 3. The molecule has 0 aromatic heterocycles. The first-order chi connectivity index (χ1) is 10.7. The van der Waals surface area contributed by atoms with Gasteiger partial charge in [0.05, 0.1) is 5.30 Å². The molecular formula is C15H16F2NO4P. The van der Waals surface area contributed by atoms with Crippen LogP contribution in [0.1, 0.15) is 16.7 Å². The van der Waals surface area contributed by atoms with Crippen LogP contribution in [-0.2, 0) is 4.57 Å². The molecule has 0 radical (unpaired) electrons. The van der Waals surface area contributed by atoms with E-state index >= 15 is 0 Å². The number of rotatable bonds is 4. The summed E-state index contributed by atoms with van der Waals surface area (Å²) in [6, 6.07) is 5.36. The van der Waals surface area contributed by atoms with Crippen LogP contribution in [0.4, 0.5) is 8.78 Å². The predicted molar refractivity (Wildman–Crippen MR) is 81.5 cm³/mol. The first kappa shape index (κ1) is 17.6. The third kappa shape index (κ3) is 3.43. The third-order valence-corrected chi connectivity index (χ3v) is 4.61. The average molecular weight is 343 g/mol. The summed E-state index contributed by atoms with van der Waals surface area (Å²) in [6.07, 6.45) is 0. The van der Waals surface area contributed by atoms with E-state index in [4.69, 9.17) is 9.94 Å². The molecule has 0 heterocycles. The quantitative estimate of drug-likeness (QED) is 0.585. The SMILES string of the molecule is Cc1ccc(Oc2c(C)cc(P(=O)(O)NO)cc2C)c(F)c1F. The fraction of sp³-hybridized carbons (Fsp3) is 0.200. The molecule has 0 spiro atoms. The maximum Gasteiger partial charge on any atom is 0.319 e. The van der Waals surface area contributed by atoms with E-state index in [9.17, 15) is 18.2 Å². The minimum absolute atomic E-state index is 0.0297. The minimum Gasteiger partial charge on any atom is -0.454 e. The second kappa shape index (κ2) is 6.37. The van der Waals surface area contributed by atoms with Gasteiger partial charge in [0.2, 0.25) is 5.82 Å². The molecule has 0 amide bonds. The number of halogens is 2. The van der Waals surface area contributed by atoms with Gasteiger partial charge in [-0.25, -0.2) is 4.39 Å². The molecule has 2 aromatic carbocycles. The van der Waals surface area contributed by atoms with Gasteiger partial charge in [-0.3, -0.25) is 4.57 Å². The zero-order chi connectivity index (χ0) is 17.4. The lowest BCUT2D eigenvalue weighted by Gasteiger charge is -2.16. The molecule has 124 valence electrons. The van der Waals surface area contributed by atoms with Gasteiger partial charge in [0.1, 0.15) is 5.75 Å². The summed E-state index contributed by atoms with van der Waals surface area (Å²) in [7, 11) is -4.09. The second-order valence-electron chi connectivity index (χ2n) is 5.20. The molecule has 0 saturated carbocycles. The van der Waals surface area contributed by atoms with Gasteiger partial charge in [0.15, 0.2) is 11.6 Å². The fourth-order valence-corrected chi connectivity index (χ4v) is 2.99. The van der Waals surface area contributed by atoms with Crippen molar-refractivity contribution in [3.05, 3.63) is 52.6 Å². The molecule has 3 N–H and O–H groups in total. The maximum absolute atomic E-state index is 13.9. The molecule has 1 atom stereocenters. The van der Waals surface area contributed by atoms with Crippen molar-refractivity contribution in [2.24, 2.45) is 0 Å². The van der Waals surface area contributed by atoms with Crippen molar-refractivity contribution in [1.82, 2.24) is 5.25 Å². The smallest absolute Gasteiger partial charge is 0.319 e. The monoisotopic (exact) mass is 343 g/mol. The first-order valence-electron chi connectivity index (χ1n) is 6.65. The van der Waals surface area contributed by atoms with Crippen LogP contribution < -0.4 is 15.3 Å². The zero-order valence-electron chi connectivity index (χ0n) is 12.7. The lowest BCUT2D eigenvalue weighted by molar-refractivity contribution is 0.226. The zero-order valence-corrected chi connectivity index (χ0v) is 13.6. The van der Waals surface area contributed by atoms with Gasteiger partial charge in [-0.1, -0.05) is 6.07 Å². The molecule has 0 bridgehead atoms. The van der Waals surface area contributed by atoms with Gasteiger partial charge < -0.3 is 14.8 Å². The van der Waals surface area contributed by atoms with Crippen molar-refractivity contribution in [3.8, 4) is 11.5 Å². The van der Waals surface area contributed by atoms with Crippen molar-refractivity contribution in [2.45, 2.75) is 20.8 Å². The van der Waals surface area contributed by atoms with Crippen LogP contribution in [0, 0.1) is 32.4 Å². The van der Waals surface area contributed by atoms with Crippen molar-refractivity contribution in [1.29, 1.82) is 0 Å². The highest BCUT2D eigenvalue weighted by molar-refractivity contribution is 7.63. The number of hydrogen-bond donors (Lipinski definition) is 3. The molecule has 2 rings (SSSR count). The van der Waals surface area contributed by atoms with E-state index in [0.29, 0.717) is 11.1 Å². The molecule has 0 aliphatic rings. The van der Waals surface area contributed by atoms with Gasteiger partial charge in [-0.2, -0.15) is 4.39 Å². The fourth-order valence-electron chi connectivity index (χ4n) is 2.14. The van der Waals surface area contributed by atoms with E-state index in [0.717, 1.165) is 0 Å². The Morgan fingerprint density at radius 1 is 1.04 bits per heavy atom. The van der Waals surface area contributed by atoms with E-state index < -0.39 is 19.2 Å². The van der Waals surface area contributed by atoms with Crippen LogP contribution in [0.2, 0.25) is 0 Å². The Morgan fingerprint density at radius 2 is 1.61 bits per heavy atom. The van der Waals surface area contributed by atoms with E-state index in [-0.39, 0.29) is 22.4 Å². The van der Waals surface area contributed by atoms with Crippen LogP contribution in [0.3, 0.4) is 0 Å². The standard InChI is InChI=1S/C15H16F2NO4P/c1-8-4-5-12(14(17)13(8)16)22-15-9(2)6-11(7-10(15)3)23(20,21)18-19/h4-7,19H,1-3H3,(H2,18,20,21). The van der Waals surface area contributed by atoms with Gasteiger partial charge in [0, 0.05) is 0 Å². The number of hydrogen-bond acceptors (Lipinski definition) is 3. The lowest BCUT2D eigenvalue weighted by atomic mass is 10.1. The Kier molecular flexibility index (Phi) is 4.87. The largest absolute Gasteiger partial charge is 0.454 e. The molecular weight excluding hydrogens is 327 g/mol. The lowest BCUT2D eigenvalue weighted by Crippen LogP contribution is -2.16. The molecule has 0 aliphatic heterocycles. The summed E-state index contributed by atoms with van der Waals surface area (Å²) in [6.45, 7) is 4.62. The maximum atomic E-state index is 13.9. The van der Waals surface area contributed by atoms with Crippen LogP contribution in [0.15, 0.2) is 24.3 Å². The molecule has 0 fully saturated rings. The summed E-state index contributed by atoms with van der Waals surface area (Å²) >= 11 is 0.